The highest BCUT2D eigenvalue weighted by Gasteiger charge is 2.39. The van der Waals surface area contributed by atoms with Gasteiger partial charge in [0.2, 0.25) is 0 Å². The van der Waals surface area contributed by atoms with Gasteiger partial charge in [-0.05, 0) is 233 Å². The van der Waals surface area contributed by atoms with Crippen LogP contribution in [-0.2, 0) is 85.6 Å². The first-order valence-electron chi connectivity index (χ1n) is 61.1. The average Bonchev–Trinajstić information content (AvgIpc) is 1.29. The topological polar surface area (TPSA) is 233 Å². The first-order chi connectivity index (χ1) is 70.8. The molecule has 16 atom stereocenters. The molecule has 6 fully saturated rings. The van der Waals surface area contributed by atoms with E-state index < -0.39 is 0 Å². The molecule has 6 saturated heterocycles. The minimum Gasteiger partial charge on any atom is -0.463 e. The van der Waals surface area contributed by atoms with Crippen LogP contribution in [0.4, 0.5) is 0 Å². The van der Waals surface area contributed by atoms with Crippen LogP contribution in [0.25, 0.3) is 0 Å². The van der Waals surface area contributed by atoms with Crippen molar-refractivity contribution in [1.82, 2.24) is 0 Å². The third-order valence-electron chi connectivity index (χ3n) is 31.5. The van der Waals surface area contributed by atoms with Gasteiger partial charge in [-0.15, -0.1) is 0 Å². The lowest BCUT2D eigenvalue weighted by molar-refractivity contribution is -0.145. The quantitative estimate of drug-likeness (QED) is 0.0181. The molecule has 9 aliphatic rings. The largest absolute Gasteiger partial charge is 0.463 e. The van der Waals surface area contributed by atoms with Crippen LogP contribution < -0.4 is 0 Å². The fraction of sp³-hybridized carbons (Fsp3) is 0.841. The van der Waals surface area contributed by atoms with Crippen molar-refractivity contribution in [3.8, 4) is 0 Å². The number of rotatable bonds is 93. The lowest BCUT2D eigenvalue weighted by atomic mass is 9.63. The van der Waals surface area contributed by atoms with Crippen molar-refractivity contribution in [2.45, 2.75) is 540 Å². The number of carbonyl (C=O) groups is 6. The van der Waals surface area contributed by atoms with Crippen LogP contribution in [0, 0.1) is 59.2 Å². The van der Waals surface area contributed by atoms with Gasteiger partial charge in [-0.3, -0.25) is 28.8 Å². The number of fused-ring (bicyclic) bond motifs is 1. The van der Waals surface area contributed by atoms with E-state index in [0.29, 0.717) is 114 Å². The zero-order valence-corrected chi connectivity index (χ0v) is 92.9. The van der Waals surface area contributed by atoms with E-state index in [4.69, 9.17) is 56.8 Å². The molecule has 144 heavy (non-hydrogen) atoms. The Kier molecular flexibility index (Phi) is 73.6. The molecule has 0 aromatic heterocycles. The monoisotopic (exact) mass is 2020 g/mol. The molecule has 0 aromatic rings. The third kappa shape index (κ3) is 66.5. The summed E-state index contributed by atoms with van der Waals surface area (Å²) >= 11 is 0. The van der Waals surface area contributed by atoms with Crippen molar-refractivity contribution in [3.05, 3.63) is 84.1 Å². The van der Waals surface area contributed by atoms with Gasteiger partial charge in [0.1, 0.15) is 76.3 Å². The van der Waals surface area contributed by atoms with E-state index in [9.17, 15) is 28.8 Å². The molecule has 0 radical (unpaired) electrons. The molecule has 0 spiro atoms. The molecule has 0 aromatic carbocycles. The summed E-state index contributed by atoms with van der Waals surface area (Å²) in [6.07, 6.45) is 116. The molecule has 0 bridgehead atoms. The van der Waals surface area contributed by atoms with Crippen LogP contribution in [0.3, 0.4) is 0 Å². The lowest BCUT2D eigenvalue weighted by Crippen LogP contribution is -2.31. The van der Waals surface area contributed by atoms with E-state index in [1.807, 2.05) is 0 Å². The predicted octanol–water partition coefficient (Wildman–Crippen LogP) is 32.7. The Balaban J connectivity index is 0.000000293. The Hall–Kier alpha value is -5.24. The molecule has 0 amide bonds. The highest BCUT2D eigenvalue weighted by Crippen LogP contribution is 2.50. The number of carbonyl (C=O) groups excluding carboxylic acids is 6. The van der Waals surface area contributed by atoms with E-state index in [1.54, 1.807) is 11.1 Å². The molecule has 16 unspecified atom stereocenters. The van der Waals surface area contributed by atoms with Crippen molar-refractivity contribution < 1.29 is 85.6 Å². The normalized spacial score (nSPS) is 23.3. The fourth-order valence-corrected chi connectivity index (χ4v) is 21.8. The van der Waals surface area contributed by atoms with Gasteiger partial charge in [-0.2, -0.15) is 0 Å². The fourth-order valence-electron chi connectivity index (χ4n) is 21.8. The molecular formula is C126H214O18. The van der Waals surface area contributed by atoms with Gasteiger partial charge in [0.15, 0.2) is 0 Å². The first kappa shape index (κ1) is 126. The van der Waals surface area contributed by atoms with Crippen molar-refractivity contribution in [1.29, 1.82) is 0 Å². The van der Waals surface area contributed by atoms with Crippen LogP contribution in [0.1, 0.15) is 504 Å². The highest BCUT2D eigenvalue weighted by molar-refractivity contribution is 5.71. The maximum absolute atomic E-state index is 12.0. The minimum atomic E-state index is -0.0809. The zero-order chi connectivity index (χ0) is 102. The van der Waals surface area contributed by atoms with Crippen LogP contribution in [-0.4, -0.2) is 152 Å². The van der Waals surface area contributed by atoms with Crippen LogP contribution in [0.15, 0.2) is 84.1 Å². The molecule has 18 heteroatoms. The molecule has 0 N–H and O–H groups in total. The van der Waals surface area contributed by atoms with Gasteiger partial charge in [0, 0.05) is 38.5 Å². The van der Waals surface area contributed by atoms with Gasteiger partial charge < -0.3 is 56.8 Å². The maximum Gasteiger partial charge on any atom is 0.305 e. The van der Waals surface area contributed by atoms with Crippen LogP contribution in [0.2, 0.25) is 0 Å². The molecule has 3 aliphatic carbocycles. The smallest absolute Gasteiger partial charge is 0.305 e. The van der Waals surface area contributed by atoms with Crippen LogP contribution in [0.5, 0.6) is 0 Å². The third-order valence-corrected chi connectivity index (χ3v) is 31.5. The van der Waals surface area contributed by atoms with E-state index in [1.165, 1.54) is 334 Å². The van der Waals surface area contributed by atoms with Crippen molar-refractivity contribution in [2.24, 2.45) is 59.2 Å². The van der Waals surface area contributed by atoms with E-state index >= 15 is 0 Å². The second kappa shape index (κ2) is 84.4. The number of epoxide rings is 6. The molecule has 9 rings (SSSR count). The number of hydrogen-bond acceptors (Lipinski definition) is 18. The van der Waals surface area contributed by atoms with Gasteiger partial charge in [-0.1, -0.05) is 376 Å². The van der Waals surface area contributed by atoms with Crippen molar-refractivity contribution in [3.63, 3.8) is 0 Å². The Labute approximate surface area is 879 Å². The SMILES string of the molecule is CCCCCC=CCC1C(CCCCCC)C=CC(CCCCCCCC(=O)OCC2CO2)C1CCCCCCCC(=O)OCC1CO1.CCCCCC=CCC=C(CCCCCCCC(=O)OCC1CO1)C(CCC=CCCCCC)CCCCCCCC(=O)OCC1CO1.CCCCCCC1C=C2C(C=CC(CCCCCCCC(=O)OCC3CO3)C2CCCCCCCC(=O)OCC2CO2)CC1CCCC. The maximum atomic E-state index is 12.0. The van der Waals surface area contributed by atoms with E-state index in [-0.39, 0.29) is 72.4 Å². The summed E-state index contributed by atoms with van der Waals surface area (Å²) in [5.41, 5.74) is 3.47. The molecule has 18 nitrogen and oxygen atoms in total. The number of unbranched alkanes of at least 4 members (excludes halogenated alkanes) is 40. The standard InChI is InChI=1S/C42H70O6.2C42H72O6/c1-3-5-7-14-21-35-28-40-36(27-34(35)19-6-4-2)26-25-33(20-15-10-8-12-17-23-41(43)47-31-37-29-45-37)39(40)22-16-11-9-13-18-24-42(44)48-32-38-30-46-38;1-3-5-7-9-13-19-25-39-35(23-17-8-6-4-2)29-30-36(24-18-12-10-15-21-27-41(43)47-33-37-31-45-37)40(39)26-20-14-11-16-22-28-42(44)48-34-38-32-46-38;1-3-5-7-9-11-15-21-27-37(29-23-17-13-19-25-31-41(43)47-35-39-33-45-39)38(28-22-16-12-10-8-6-4-2)30-24-18-14-20-26-32-42(44)48-36-40-34-46-40/h25-26,28,33-39H,3-24,27,29-32H2,1-2H3;13,19,29-30,35-40H,3-12,14-18,20-28,31-34H2,1-2H3;11-12,15-16,27,38-40H,3-10,13-14,17-26,28-36H2,1-2H3. The first-order valence-corrected chi connectivity index (χ1v) is 61.1. The molecule has 6 aliphatic heterocycles. The van der Waals surface area contributed by atoms with Gasteiger partial charge in [0.25, 0.3) is 0 Å². The second-order valence-electron chi connectivity index (χ2n) is 44.5. The molecular weight excluding hydrogens is 1800 g/mol. The molecule has 6 heterocycles. The van der Waals surface area contributed by atoms with Gasteiger partial charge in [-0.25, -0.2) is 0 Å². The van der Waals surface area contributed by atoms with E-state index in [0.717, 1.165) is 153 Å². The zero-order valence-electron chi connectivity index (χ0n) is 92.9. The molecule has 826 valence electrons. The van der Waals surface area contributed by atoms with Gasteiger partial charge >= 0.3 is 35.8 Å². The van der Waals surface area contributed by atoms with Crippen molar-refractivity contribution >= 4 is 35.8 Å². The number of ether oxygens (including phenoxy) is 12. The summed E-state index contributed by atoms with van der Waals surface area (Å²) in [4.78, 5) is 71.6. The Morgan fingerprint density at radius 2 is 0.590 bits per heavy atom. The Morgan fingerprint density at radius 1 is 0.285 bits per heavy atom. The average molecular weight is 2020 g/mol. The number of allylic oxidation sites excluding steroid dienone is 14. The summed E-state index contributed by atoms with van der Waals surface area (Å²) in [7, 11) is 0. The lowest BCUT2D eigenvalue weighted by Gasteiger charge is -2.42. The van der Waals surface area contributed by atoms with Crippen LogP contribution >= 0.6 is 0 Å². The predicted molar refractivity (Wildman–Crippen MR) is 587 cm³/mol. The second-order valence-corrected chi connectivity index (χ2v) is 44.5. The van der Waals surface area contributed by atoms with Crippen molar-refractivity contribution in [2.75, 3.05) is 79.3 Å². The summed E-state index contributed by atoms with van der Waals surface area (Å²) in [6, 6.07) is 0. The Bertz CT molecular complexity index is 3440. The minimum absolute atomic E-state index is 0.0685. The Morgan fingerprint density at radius 3 is 0.986 bits per heavy atom. The number of esters is 6. The summed E-state index contributed by atoms with van der Waals surface area (Å²) in [6.45, 7) is 20.7. The highest BCUT2D eigenvalue weighted by atomic mass is 16.6. The van der Waals surface area contributed by atoms with E-state index in [2.05, 4.69) is 114 Å². The summed E-state index contributed by atoms with van der Waals surface area (Å²) in [5, 5.41) is 0. The van der Waals surface area contributed by atoms with Gasteiger partial charge in [0.05, 0.1) is 39.6 Å². The summed E-state index contributed by atoms with van der Waals surface area (Å²) in [5.74, 6) is 6.72. The molecule has 0 saturated carbocycles. The summed E-state index contributed by atoms with van der Waals surface area (Å²) < 4.78 is 62.4. The number of hydrogen-bond donors (Lipinski definition) is 0.